The number of nitrogens with zero attached hydrogens (tertiary/aromatic N) is 3. The second-order valence-electron chi connectivity index (χ2n) is 5.31. The first-order valence-electron chi connectivity index (χ1n) is 7.61. The molecule has 20 heavy (non-hydrogen) atoms. The molecule has 0 aromatic carbocycles. The summed E-state index contributed by atoms with van der Waals surface area (Å²) < 4.78 is 5.45. The number of rotatable bonds is 7. The molecule has 1 aromatic rings. The lowest BCUT2D eigenvalue weighted by molar-refractivity contribution is 0.0916. The summed E-state index contributed by atoms with van der Waals surface area (Å²) in [4.78, 5) is 11.3. The van der Waals surface area contributed by atoms with Crippen LogP contribution in [0.1, 0.15) is 25.5 Å². The summed E-state index contributed by atoms with van der Waals surface area (Å²) in [5.74, 6) is 1.59. The van der Waals surface area contributed by atoms with Gasteiger partial charge in [0.25, 0.3) is 0 Å². The fourth-order valence-corrected chi connectivity index (χ4v) is 2.86. The van der Waals surface area contributed by atoms with E-state index < -0.39 is 0 Å². The predicted molar refractivity (Wildman–Crippen MR) is 80.9 cm³/mol. The molecule has 1 aliphatic rings. The smallest absolute Gasteiger partial charge is 0.147 e. The molecular formula is C15H26N4O. The van der Waals surface area contributed by atoms with E-state index >= 15 is 0 Å². The quantitative estimate of drug-likeness (QED) is 0.771. The zero-order chi connectivity index (χ0) is 14.2. The van der Waals surface area contributed by atoms with Crippen LogP contribution in [-0.2, 0) is 11.2 Å². The number of anilines is 1. The maximum Gasteiger partial charge on any atom is 0.147 e. The van der Waals surface area contributed by atoms with Crippen molar-refractivity contribution in [3.63, 3.8) is 0 Å². The topological polar surface area (TPSA) is 50.3 Å². The van der Waals surface area contributed by atoms with Crippen LogP contribution >= 0.6 is 0 Å². The first kappa shape index (κ1) is 15.2. The van der Waals surface area contributed by atoms with Gasteiger partial charge < -0.3 is 15.0 Å². The molecule has 1 N–H and O–H groups in total. The zero-order valence-corrected chi connectivity index (χ0v) is 12.6. The Balaban J connectivity index is 1.86. The molecule has 1 saturated heterocycles. The molecule has 2 rings (SSSR count). The molecule has 0 saturated carbocycles. The van der Waals surface area contributed by atoms with Crippen LogP contribution in [0.5, 0.6) is 0 Å². The van der Waals surface area contributed by atoms with Crippen LogP contribution in [0.3, 0.4) is 0 Å². The summed E-state index contributed by atoms with van der Waals surface area (Å²) >= 11 is 0. The Bertz CT molecular complexity index is 399. The van der Waals surface area contributed by atoms with Crippen molar-refractivity contribution >= 4 is 5.82 Å². The van der Waals surface area contributed by atoms with Crippen molar-refractivity contribution in [1.82, 2.24) is 14.9 Å². The van der Waals surface area contributed by atoms with Gasteiger partial charge in [-0.05, 0) is 38.6 Å². The van der Waals surface area contributed by atoms with Crippen molar-refractivity contribution in [3.8, 4) is 0 Å². The van der Waals surface area contributed by atoms with Crippen LogP contribution in [0.4, 0.5) is 5.82 Å². The number of ether oxygens (including phenoxy) is 1. The van der Waals surface area contributed by atoms with Crippen molar-refractivity contribution in [2.24, 2.45) is 5.92 Å². The third kappa shape index (κ3) is 4.42. The van der Waals surface area contributed by atoms with Crippen molar-refractivity contribution in [1.29, 1.82) is 0 Å². The zero-order valence-electron chi connectivity index (χ0n) is 12.6. The molecule has 1 aliphatic heterocycles. The molecule has 0 radical (unpaired) electrons. The molecule has 0 spiro atoms. The lowest BCUT2D eigenvalue weighted by Crippen LogP contribution is -2.38. The molecule has 0 unspecified atom stereocenters. The lowest BCUT2D eigenvalue weighted by Gasteiger charge is -2.32. The van der Waals surface area contributed by atoms with E-state index in [4.69, 9.17) is 4.74 Å². The molecule has 5 nitrogen and oxygen atoms in total. The Morgan fingerprint density at radius 2 is 2.25 bits per heavy atom. The van der Waals surface area contributed by atoms with Crippen LogP contribution in [0, 0.1) is 5.92 Å². The van der Waals surface area contributed by atoms with Gasteiger partial charge in [-0.1, -0.05) is 0 Å². The molecular weight excluding hydrogens is 252 g/mol. The van der Waals surface area contributed by atoms with Crippen LogP contribution in [0.15, 0.2) is 12.4 Å². The first-order chi connectivity index (χ1) is 9.83. The second kappa shape index (κ2) is 8.17. The van der Waals surface area contributed by atoms with Gasteiger partial charge in [0.2, 0.25) is 0 Å². The molecule has 0 bridgehead atoms. The minimum Gasteiger partial charge on any atom is -0.380 e. The highest BCUT2D eigenvalue weighted by atomic mass is 16.5. The third-order valence-electron chi connectivity index (χ3n) is 3.85. The first-order valence-corrected chi connectivity index (χ1v) is 7.61. The van der Waals surface area contributed by atoms with E-state index in [1.54, 1.807) is 12.4 Å². The molecule has 5 heteroatoms. The number of piperidine rings is 1. The van der Waals surface area contributed by atoms with Gasteiger partial charge in [-0.15, -0.1) is 0 Å². The van der Waals surface area contributed by atoms with Crippen molar-refractivity contribution < 1.29 is 4.74 Å². The number of likely N-dealkylation sites (tertiary alicyclic amines) is 1. The SMILES string of the molecule is CCOCCN1CCC[C@H](Cc2nccnc2NC)C1. The Morgan fingerprint density at radius 3 is 3.05 bits per heavy atom. The van der Waals surface area contributed by atoms with Crippen LogP contribution in [0.2, 0.25) is 0 Å². The van der Waals surface area contributed by atoms with Gasteiger partial charge in [-0.25, -0.2) is 4.98 Å². The van der Waals surface area contributed by atoms with E-state index in [-0.39, 0.29) is 0 Å². The fourth-order valence-electron chi connectivity index (χ4n) is 2.86. The van der Waals surface area contributed by atoms with Crippen molar-refractivity contribution in [2.45, 2.75) is 26.2 Å². The third-order valence-corrected chi connectivity index (χ3v) is 3.85. The van der Waals surface area contributed by atoms with Gasteiger partial charge in [-0.3, -0.25) is 4.98 Å². The standard InChI is InChI=1S/C15H26N4O/c1-3-20-10-9-19-8-4-5-13(12-19)11-14-15(16-2)18-7-6-17-14/h6-7,13H,3-5,8-12H2,1-2H3,(H,16,18)/t13-/m1/s1. The number of hydrogen-bond acceptors (Lipinski definition) is 5. The summed E-state index contributed by atoms with van der Waals surface area (Å²) in [5, 5.41) is 3.13. The number of nitrogens with one attached hydrogen (secondary N) is 1. The summed E-state index contributed by atoms with van der Waals surface area (Å²) in [5.41, 5.74) is 1.09. The Morgan fingerprint density at radius 1 is 1.40 bits per heavy atom. The Labute approximate surface area is 121 Å². The highest BCUT2D eigenvalue weighted by Gasteiger charge is 2.21. The highest BCUT2D eigenvalue weighted by molar-refractivity contribution is 5.38. The summed E-state index contributed by atoms with van der Waals surface area (Å²) in [6.45, 7) is 7.09. The molecule has 1 atom stereocenters. The highest BCUT2D eigenvalue weighted by Crippen LogP contribution is 2.22. The van der Waals surface area contributed by atoms with E-state index in [1.807, 2.05) is 14.0 Å². The van der Waals surface area contributed by atoms with E-state index in [2.05, 4.69) is 20.2 Å². The Kier molecular flexibility index (Phi) is 6.21. The lowest BCUT2D eigenvalue weighted by atomic mass is 9.93. The molecule has 2 heterocycles. The number of aromatic nitrogens is 2. The summed E-state index contributed by atoms with van der Waals surface area (Å²) in [6.07, 6.45) is 7.09. The second-order valence-corrected chi connectivity index (χ2v) is 5.31. The van der Waals surface area contributed by atoms with Crippen LogP contribution < -0.4 is 5.32 Å². The van der Waals surface area contributed by atoms with Gasteiger partial charge in [0, 0.05) is 39.1 Å². The molecule has 1 fully saturated rings. The normalized spacial score (nSPS) is 20.0. The fraction of sp³-hybridized carbons (Fsp3) is 0.733. The maximum absolute atomic E-state index is 5.45. The van der Waals surface area contributed by atoms with Gasteiger partial charge in [0.15, 0.2) is 0 Å². The Hall–Kier alpha value is -1.20. The van der Waals surface area contributed by atoms with E-state index in [1.165, 1.54) is 19.4 Å². The monoisotopic (exact) mass is 278 g/mol. The number of hydrogen-bond donors (Lipinski definition) is 1. The average molecular weight is 278 g/mol. The molecule has 0 aliphatic carbocycles. The molecule has 0 amide bonds. The summed E-state index contributed by atoms with van der Waals surface area (Å²) in [7, 11) is 1.91. The average Bonchev–Trinajstić information content (AvgIpc) is 2.48. The minimum absolute atomic E-state index is 0.675. The minimum atomic E-state index is 0.675. The predicted octanol–water partition coefficient (Wildman–Crippen LogP) is 1.81. The van der Waals surface area contributed by atoms with E-state index in [0.717, 1.165) is 44.2 Å². The van der Waals surface area contributed by atoms with Gasteiger partial charge in [0.05, 0.1) is 12.3 Å². The van der Waals surface area contributed by atoms with Crippen molar-refractivity contribution in [2.75, 3.05) is 45.2 Å². The van der Waals surface area contributed by atoms with E-state index in [0.29, 0.717) is 5.92 Å². The van der Waals surface area contributed by atoms with E-state index in [9.17, 15) is 0 Å². The maximum atomic E-state index is 5.45. The van der Waals surface area contributed by atoms with Crippen LogP contribution in [-0.4, -0.2) is 54.8 Å². The van der Waals surface area contributed by atoms with Gasteiger partial charge in [0.1, 0.15) is 5.82 Å². The van der Waals surface area contributed by atoms with Crippen LogP contribution in [0.25, 0.3) is 0 Å². The summed E-state index contributed by atoms with van der Waals surface area (Å²) in [6, 6.07) is 0. The molecule has 112 valence electrons. The molecule has 1 aromatic heterocycles. The van der Waals surface area contributed by atoms with Gasteiger partial charge in [-0.2, -0.15) is 0 Å². The van der Waals surface area contributed by atoms with Crippen molar-refractivity contribution in [3.05, 3.63) is 18.1 Å². The largest absolute Gasteiger partial charge is 0.380 e. The van der Waals surface area contributed by atoms with Gasteiger partial charge >= 0.3 is 0 Å².